The van der Waals surface area contributed by atoms with Crippen molar-refractivity contribution in [1.82, 2.24) is 9.55 Å². The summed E-state index contributed by atoms with van der Waals surface area (Å²) < 4.78 is 1.58. The van der Waals surface area contributed by atoms with Gasteiger partial charge in [0.25, 0.3) is 5.56 Å². The highest BCUT2D eigenvalue weighted by Crippen LogP contribution is 2.28. The zero-order chi connectivity index (χ0) is 20.8. The van der Waals surface area contributed by atoms with Gasteiger partial charge in [-0.05, 0) is 43.5 Å². The van der Waals surface area contributed by atoms with Crippen LogP contribution in [0, 0.1) is 0 Å². The highest BCUT2D eigenvalue weighted by Gasteiger charge is 2.14. The Kier molecular flexibility index (Phi) is 6.42. The number of carbonyl (C=O) groups excluding carboxylic acids is 1. The molecular weight excluding hydrogens is 376 g/mol. The second-order valence-electron chi connectivity index (χ2n) is 7.83. The SMILES string of the molecule is O=C(CCCn1cnc2ccccc2c1=O)Nc1ccccc1N1CCCCCC1. The van der Waals surface area contributed by atoms with Crippen molar-refractivity contribution in [1.29, 1.82) is 0 Å². The number of nitrogens with zero attached hydrogens (tertiary/aromatic N) is 3. The summed E-state index contributed by atoms with van der Waals surface area (Å²) in [5.41, 5.74) is 2.60. The summed E-state index contributed by atoms with van der Waals surface area (Å²) in [4.78, 5) is 31.8. The molecule has 0 radical (unpaired) electrons. The molecule has 1 fully saturated rings. The average molecular weight is 405 g/mol. The first-order valence-corrected chi connectivity index (χ1v) is 10.8. The van der Waals surface area contributed by atoms with Crippen molar-refractivity contribution in [2.75, 3.05) is 23.3 Å². The molecule has 2 aromatic carbocycles. The van der Waals surface area contributed by atoms with Gasteiger partial charge in [0.1, 0.15) is 0 Å². The minimum absolute atomic E-state index is 0.0286. The van der Waals surface area contributed by atoms with E-state index in [0.717, 1.165) is 24.5 Å². The predicted molar refractivity (Wildman–Crippen MR) is 121 cm³/mol. The maximum Gasteiger partial charge on any atom is 0.261 e. The van der Waals surface area contributed by atoms with E-state index in [9.17, 15) is 9.59 Å². The first-order valence-electron chi connectivity index (χ1n) is 10.8. The van der Waals surface area contributed by atoms with Gasteiger partial charge in [0.15, 0.2) is 0 Å². The molecule has 0 aliphatic carbocycles. The highest BCUT2D eigenvalue weighted by atomic mass is 16.1. The van der Waals surface area contributed by atoms with Gasteiger partial charge in [-0.3, -0.25) is 14.2 Å². The third-order valence-corrected chi connectivity index (χ3v) is 5.66. The van der Waals surface area contributed by atoms with E-state index in [1.165, 1.54) is 25.7 Å². The molecule has 0 spiro atoms. The molecular formula is C24H28N4O2. The van der Waals surface area contributed by atoms with E-state index >= 15 is 0 Å². The van der Waals surface area contributed by atoms with Crippen molar-refractivity contribution >= 4 is 28.2 Å². The van der Waals surface area contributed by atoms with Gasteiger partial charge >= 0.3 is 0 Å². The maximum atomic E-state index is 12.6. The van der Waals surface area contributed by atoms with E-state index in [1.807, 2.05) is 36.4 Å². The van der Waals surface area contributed by atoms with Gasteiger partial charge in [-0.15, -0.1) is 0 Å². The van der Waals surface area contributed by atoms with Crippen LogP contribution in [0.1, 0.15) is 38.5 Å². The largest absolute Gasteiger partial charge is 0.370 e. The van der Waals surface area contributed by atoms with Gasteiger partial charge in [0, 0.05) is 26.1 Å². The Morgan fingerprint density at radius 3 is 2.53 bits per heavy atom. The van der Waals surface area contributed by atoms with Crippen molar-refractivity contribution in [3.8, 4) is 0 Å². The smallest absolute Gasteiger partial charge is 0.261 e. The van der Waals surface area contributed by atoms with Crippen LogP contribution < -0.4 is 15.8 Å². The van der Waals surface area contributed by atoms with Crippen LogP contribution in [-0.2, 0) is 11.3 Å². The molecule has 6 nitrogen and oxygen atoms in total. The second kappa shape index (κ2) is 9.57. The van der Waals surface area contributed by atoms with Crippen LogP contribution in [-0.4, -0.2) is 28.5 Å². The molecule has 1 aromatic heterocycles. The molecule has 1 amide bonds. The van der Waals surface area contributed by atoms with Gasteiger partial charge < -0.3 is 10.2 Å². The van der Waals surface area contributed by atoms with Crippen LogP contribution in [0.25, 0.3) is 10.9 Å². The van der Waals surface area contributed by atoms with Gasteiger partial charge in [0.2, 0.25) is 5.91 Å². The summed E-state index contributed by atoms with van der Waals surface area (Å²) in [5.74, 6) is -0.0286. The third-order valence-electron chi connectivity index (χ3n) is 5.66. The minimum Gasteiger partial charge on any atom is -0.370 e. The summed E-state index contributed by atoms with van der Waals surface area (Å²) in [6.45, 7) is 2.54. The fraction of sp³-hybridized carbons (Fsp3) is 0.375. The number of carbonyl (C=O) groups is 1. The first kappa shape index (κ1) is 20.1. The summed E-state index contributed by atoms with van der Waals surface area (Å²) in [6, 6.07) is 15.4. The number of hydrogen-bond donors (Lipinski definition) is 1. The zero-order valence-corrected chi connectivity index (χ0v) is 17.2. The molecule has 2 heterocycles. The summed E-state index contributed by atoms with van der Waals surface area (Å²) in [5, 5.41) is 3.68. The summed E-state index contributed by atoms with van der Waals surface area (Å²) in [6.07, 6.45) is 7.43. The zero-order valence-electron chi connectivity index (χ0n) is 17.2. The number of hydrogen-bond acceptors (Lipinski definition) is 4. The Labute approximate surface area is 176 Å². The fourth-order valence-corrected chi connectivity index (χ4v) is 4.05. The molecule has 0 bridgehead atoms. The lowest BCUT2D eigenvalue weighted by Gasteiger charge is -2.25. The number of aromatic nitrogens is 2. The Balaban J connectivity index is 1.37. The Morgan fingerprint density at radius 1 is 0.967 bits per heavy atom. The number of anilines is 2. The van der Waals surface area contributed by atoms with Crippen LogP contribution in [0.2, 0.25) is 0 Å². The Hall–Kier alpha value is -3.15. The van der Waals surface area contributed by atoms with Crippen LogP contribution in [0.5, 0.6) is 0 Å². The minimum atomic E-state index is -0.0625. The molecule has 1 aliphatic heterocycles. The van der Waals surface area contributed by atoms with Crippen LogP contribution >= 0.6 is 0 Å². The number of fused-ring (bicyclic) bond motifs is 1. The molecule has 1 N–H and O–H groups in total. The molecule has 0 unspecified atom stereocenters. The molecule has 1 aliphatic rings. The molecule has 6 heteroatoms. The maximum absolute atomic E-state index is 12.6. The highest BCUT2D eigenvalue weighted by molar-refractivity contribution is 5.94. The van der Waals surface area contributed by atoms with Crippen LogP contribution in [0.15, 0.2) is 59.7 Å². The van der Waals surface area contributed by atoms with Crippen molar-refractivity contribution in [3.05, 3.63) is 65.2 Å². The van der Waals surface area contributed by atoms with E-state index in [4.69, 9.17) is 0 Å². The summed E-state index contributed by atoms with van der Waals surface area (Å²) in [7, 11) is 0. The van der Waals surface area contributed by atoms with Gasteiger partial charge in [-0.25, -0.2) is 4.98 Å². The van der Waals surface area contributed by atoms with E-state index in [2.05, 4.69) is 21.3 Å². The molecule has 30 heavy (non-hydrogen) atoms. The standard InChI is InChI=1S/C24H28N4O2/c29-23(14-9-17-28-18-25-20-11-4-3-10-19(20)24(28)30)26-21-12-5-6-13-22(21)27-15-7-1-2-8-16-27/h3-6,10-13,18H,1-2,7-9,14-17H2,(H,26,29). The lowest BCUT2D eigenvalue weighted by Crippen LogP contribution is -2.26. The fourth-order valence-electron chi connectivity index (χ4n) is 4.05. The lowest BCUT2D eigenvalue weighted by molar-refractivity contribution is -0.116. The van der Waals surface area contributed by atoms with Crippen molar-refractivity contribution in [2.45, 2.75) is 45.1 Å². The molecule has 156 valence electrons. The van der Waals surface area contributed by atoms with E-state index in [-0.39, 0.29) is 11.5 Å². The number of benzene rings is 2. The average Bonchev–Trinajstić information content (AvgIpc) is 3.05. The number of para-hydroxylation sites is 3. The first-order chi connectivity index (χ1) is 14.7. The van der Waals surface area contributed by atoms with E-state index < -0.39 is 0 Å². The number of aryl methyl sites for hydroxylation is 1. The summed E-state index contributed by atoms with van der Waals surface area (Å²) >= 11 is 0. The predicted octanol–water partition coefficient (Wildman–Crippen LogP) is 4.20. The quantitative estimate of drug-likeness (QED) is 0.669. The van der Waals surface area contributed by atoms with Gasteiger partial charge in [-0.1, -0.05) is 37.1 Å². The van der Waals surface area contributed by atoms with E-state index in [1.54, 1.807) is 17.0 Å². The second-order valence-corrected chi connectivity index (χ2v) is 7.83. The molecule has 4 rings (SSSR count). The number of rotatable bonds is 6. The van der Waals surface area contributed by atoms with Crippen LogP contribution in [0.3, 0.4) is 0 Å². The molecule has 1 saturated heterocycles. The number of amides is 1. The van der Waals surface area contributed by atoms with Crippen molar-refractivity contribution < 1.29 is 4.79 Å². The molecule has 0 atom stereocenters. The topological polar surface area (TPSA) is 67.2 Å². The molecule has 3 aromatic rings. The third kappa shape index (κ3) is 4.70. The van der Waals surface area contributed by atoms with Crippen molar-refractivity contribution in [3.63, 3.8) is 0 Å². The Morgan fingerprint density at radius 2 is 1.70 bits per heavy atom. The van der Waals surface area contributed by atoms with Gasteiger partial charge in [0.05, 0.1) is 28.6 Å². The lowest BCUT2D eigenvalue weighted by atomic mass is 10.2. The number of nitrogens with one attached hydrogen (secondary N) is 1. The van der Waals surface area contributed by atoms with Crippen molar-refractivity contribution in [2.24, 2.45) is 0 Å². The monoisotopic (exact) mass is 404 g/mol. The molecule has 0 saturated carbocycles. The van der Waals surface area contributed by atoms with E-state index in [0.29, 0.717) is 30.3 Å². The van der Waals surface area contributed by atoms with Gasteiger partial charge in [-0.2, -0.15) is 0 Å². The normalized spacial score (nSPS) is 14.5. The van der Waals surface area contributed by atoms with Crippen LogP contribution in [0.4, 0.5) is 11.4 Å². The Bertz CT molecular complexity index is 1070.